The highest BCUT2D eigenvalue weighted by atomic mass is 16.4. The number of hydrogen-bond donors (Lipinski definition) is 3. The van der Waals surface area contributed by atoms with Crippen LogP contribution in [0.1, 0.15) is 28.8 Å². The first-order valence-electron chi connectivity index (χ1n) is 5.83. The van der Waals surface area contributed by atoms with Crippen LogP contribution in [-0.4, -0.2) is 23.5 Å². The van der Waals surface area contributed by atoms with Gasteiger partial charge in [0.15, 0.2) is 0 Å². The Morgan fingerprint density at radius 1 is 1.44 bits per heavy atom. The number of amides is 1. The first kappa shape index (κ1) is 12.4. The van der Waals surface area contributed by atoms with Crippen LogP contribution in [0.4, 0.5) is 5.69 Å². The standard InChI is InChI=1S/C13H16N2O3/c1-8-9(3-2-4-10(8)14)11(16)15-7-13(5-6-13)12(17)18/h2-4H,5-7,14H2,1H3,(H,15,16)(H,17,18). The number of carbonyl (C=O) groups is 2. The summed E-state index contributed by atoms with van der Waals surface area (Å²) in [4.78, 5) is 22.9. The van der Waals surface area contributed by atoms with Crippen LogP contribution in [0.2, 0.25) is 0 Å². The van der Waals surface area contributed by atoms with Crippen LogP contribution >= 0.6 is 0 Å². The van der Waals surface area contributed by atoms with Gasteiger partial charge in [0.25, 0.3) is 5.91 Å². The molecule has 0 aliphatic heterocycles. The number of anilines is 1. The second-order valence-electron chi connectivity index (χ2n) is 4.79. The molecule has 5 heteroatoms. The summed E-state index contributed by atoms with van der Waals surface area (Å²) in [6, 6.07) is 5.12. The predicted molar refractivity (Wildman–Crippen MR) is 67.2 cm³/mol. The molecule has 0 heterocycles. The number of nitrogen functional groups attached to an aromatic ring is 1. The molecule has 1 aromatic rings. The molecule has 1 saturated carbocycles. The van der Waals surface area contributed by atoms with Crippen molar-refractivity contribution in [1.82, 2.24) is 5.32 Å². The second-order valence-corrected chi connectivity index (χ2v) is 4.79. The molecule has 0 saturated heterocycles. The summed E-state index contributed by atoms with van der Waals surface area (Å²) in [5.41, 5.74) is 6.75. The minimum Gasteiger partial charge on any atom is -0.481 e. The van der Waals surface area contributed by atoms with Crippen LogP contribution in [0.3, 0.4) is 0 Å². The van der Waals surface area contributed by atoms with Crippen LogP contribution < -0.4 is 11.1 Å². The summed E-state index contributed by atoms with van der Waals surface area (Å²) in [7, 11) is 0. The number of carbonyl (C=O) groups excluding carboxylic acids is 1. The van der Waals surface area contributed by atoms with E-state index in [1.165, 1.54) is 0 Å². The van der Waals surface area contributed by atoms with E-state index in [0.29, 0.717) is 24.1 Å². The van der Waals surface area contributed by atoms with Gasteiger partial charge in [0.05, 0.1) is 5.41 Å². The van der Waals surface area contributed by atoms with E-state index in [1.54, 1.807) is 25.1 Å². The summed E-state index contributed by atoms with van der Waals surface area (Å²) < 4.78 is 0. The van der Waals surface area contributed by atoms with Gasteiger partial charge in [-0.1, -0.05) is 6.07 Å². The highest BCUT2D eigenvalue weighted by Crippen LogP contribution is 2.45. The van der Waals surface area contributed by atoms with Crippen molar-refractivity contribution < 1.29 is 14.7 Å². The maximum Gasteiger partial charge on any atom is 0.311 e. The van der Waals surface area contributed by atoms with Crippen LogP contribution in [0, 0.1) is 12.3 Å². The van der Waals surface area contributed by atoms with Gasteiger partial charge in [-0.25, -0.2) is 0 Å². The average molecular weight is 248 g/mol. The van der Waals surface area contributed by atoms with Crippen LogP contribution in [0.5, 0.6) is 0 Å². The maximum atomic E-state index is 12.0. The largest absolute Gasteiger partial charge is 0.481 e. The Kier molecular flexibility index (Phi) is 2.98. The molecule has 0 aromatic heterocycles. The predicted octanol–water partition coefficient (Wildman–Crippen LogP) is 1.17. The Morgan fingerprint density at radius 3 is 2.67 bits per heavy atom. The van der Waals surface area contributed by atoms with E-state index in [-0.39, 0.29) is 12.5 Å². The monoisotopic (exact) mass is 248 g/mol. The summed E-state index contributed by atoms with van der Waals surface area (Å²) in [5.74, 6) is -1.11. The molecular weight excluding hydrogens is 232 g/mol. The number of aliphatic carboxylic acids is 1. The molecule has 0 bridgehead atoms. The van der Waals surface area contributed by atoms with Crippen molar-refractivity contribution >= 4 is 17.6 Å². The molecule has 1 fully saturated rings. The van der Waals surface area contributed by atoms with Gasteiger partial charge in [-0.3, -0.25) is 9.59 Å². The Morgan fingerprint density at radius 2 is 2.11 bits per heavy atom. The van der Waals surface area contributed by atoms with Crippen molar-refractivity contribution in [3.8, 4) is 0 Å². The summed E-state index contributed by atoms with van der Waals surface area (Å²) in [6.45, 7) is 1.95. The number of carboxylic acids is 1. The Labute approximate surface area is 105 Å². The molecule has 2 rings (SSSR count). The summed E-state index contributed by atoms with van der Waals surface area (Å²) >= 11 is 0. The van der Waals surface area contributed by atoms with Crippen LogP contribution in [-0.2, 0) is 4.79 Å². The SMILES string of the molecule is Cc1c(N)cccc1C(=O)NCC1(C(=O)O)CC1. The van der Waals surface area contributed by atoms with E-state index in [4.69, 9.17) is 10.8 Å². The van der Waals surface area contributed by atoms with Crippen molar-refractivity contribution in [2.45, 2.75) is 19.8 Å². The fourth-order valence-corrected chi connectivity index (χ4v) is 1.86. The zero-order valence-corrected chi connectivity index (χ0v) is 10.2. The van der Waals surface area contributed by atoms with E-state index < -0.39 is 11.4 Å². The Bertz CT molecular complexity index is 507. The third-order valence-electron chi connectivity index (χ3n) is 3.51. The maximum absolute atomic E-state index is 12.0. The molecule has 5 nitrogen and oxygen atoms in total. The van der Waals surface area contributed by atoms with Crippen molar-refractivity contribution in [3.05, 3.63) is 29.3 Å². The number of nitrogens with two attached hydrogens (primary N) is 1. The van der Waals surface area contributed by atoms with Crippen molar-refractivity contribution in [1.29, 1.82) is 0 Å². The highest BCUT2D eigenvalue weighted by molar-refractivity contribution is 5.97. The highest BCUT2D eigenvalue weighted by Gasteiger charge is 2.50. The van der Waals surface area contributed by atoms with Gasteiger partial charge in [0.1, 0.15) is 0 Å². The number of hydrogen-bond acceptors (Lipinski definition) is 3. The minimum atomic E-state index is -0.841. The van der Waals surface area contributed by atoms with E-state index in [1.807, 2.05) is 0 Å². The lowest BCUT2D eigenvalue weighted by Crippen LogP contribution is -2.34. The molecule has 1 aliphatic carbocycles. The Balaban J connectivity index is 2.05. The van der Waals surface area contributed by atoms with Gasteiger partial charge in [-0.2, -0.15) is 0 Å². The molecule has 0 unspecified atom stereocenters. The van der Waals surface area contributed by atoms with Gasteiger partial charge in [-0.05, 0) is 37.5 Å². The molecular formula is C13H16N2O3. The van der Waals surface area contributed by atoms with Gasteiger partial charge < -0.3 is 16.2 Å². The first-order valence-corrected chi connectivity index (χ1v) is 5.83. The molecule has 4 N–H and O–H groups in total. The number of benzene rings is 1. The molecule has 18 heavy (non-hydrogen) atoms. The minimum absolute atomic E-state index is 0.176. The molecule has 1 amide bonds. The van der Waals surface area contributed by atoms with E-state index in [9.17, 15) is 9.59 Å². The fourth-order valence-electron chi connectivity index (χ4n) is 1.86. The Hall–Kier alpha value is -2.04. The van der Waals surface area contributed by atoms with Gasteiger partial charge in [0, 0.05) is 17.8 Å². The lowest BCUT2D eigenvalue weighted by atomic mass is 10.0. The number of nitrogens with one attached hydrogen (secondary N) is 1. The molecule has 96 valence electrons. The third-order valence-corrected chi connectivity index (χ3v) is 3.51. The zero-order valence-electron chi connectivity index (χ0n) is 10.2. The summed E-state index contributed by atoms with van der Waals surface area (Å²) in [5, 5.41) is 11.7. The van der Waals surface area contributed by atoms with E-state index in [0.717, 1.165) is 5.56 Å². The smallest absolute Gasteiger partial charge is 0.311 e. The molecule has 0 radical (unpaired) electrons. The third kappa shape index (κ3) is 2.16. The normalized spacial score (nSPS) is 16.1. The molecule has 0 atom stereocenters. The van der Waals surface area contributed by atoms with E-state index in [2.05, 4.69) is 5.32 Å². The van der Waals surface area contributed by atoms with Crippen LogP contribution in [0.15, 0.2) is 18.2 Å². The first-order chi connectivity index (χ1) is 8.46. The topological polar surface area (TPSA) is 92.4 Å². The van der Waals surface area contributed by atoms with Crippen molar-refractivity contribution in [2.24, 2.45) is 5.41 Å². The fraction of sp³-hybridized carbons (Fsp3) is 0.385. The zero-order chi connectivity index (χ0) is 13.3. The molecule has 1 aliphatic rings. The van der Waals surface area contributed by atoms with Gasteiger partial charge in [0.2, 0.25) is 0 Å². The number of rotatable bonds is 4. The summed E-state index contributed by atoms with van der Waals surface area (Å²) in [6.07, 6.45) is 1.25. The van der Waals surface area contributed by atoms with Gasteiger partial charge in [-0.15, -0.1) is 0 Å². The van der Waals surface area contributed by atoms with Gasteiger partial charge >= 0.3 is 5.97 Å². The quantitative estimate of drug-likeness (QED) is 0.697. The molecule has 0 spiro atoms. The van der Waals surface area contributed by atoms with Crippen molar-refractivity contribution in [2.75, 3.05) is 12.3 Å². The lowest BCUT2D eigenvalue weighted by molar-refractivity contribution is -0.143. The van der Waals surface area contributed by atoms with Crippen LogP contribution in [0.25, 0.3) is 0 Å². The molecule has 1 aromatic carbocycles. The lowest BCUT2D eigenvalue weighted by Gasteiger charge is -2.13. The second kappa shape index (κ2) is 4.33. The van der Waals surface area contributed by atoms with Crippen molar-refractivity contribution in [3.63, 3.8) is 0 Å². The number of carboxylic acid groups (broad SMARTS) is 1. The average Bonchev–Trinajstić information content (AvgIpc) is 3.11. The van der Waals surface area contributed by atoms with E-state index >= 15 is 0 Å².